The van der Waals surface area contributed by atoms with Crippen molar-refractivity contribution in [1.29, 1.82) is 0 Å². The average Bonchev–Trinajstić information content (AvgIpc) is 2.82. The number of carbonyl (C=O) groups is 2. The zero-order valence-electron chi connectivity index (χ0n) is 12.1. The molecule has 0 aliphatic carbocycles. The molecule has 0 bridgehead atoms. The number of carbonyl (C=O) groups excluding carboxylic acids is 2. The molecule has 2 aromatic carbocycles. The summed E-state index contributed by atoms with van der Waals surface area (Å²) < 4.78 is 0. The fourth-order valence-electron chi connectivity index (χ4n) is 2.61. The predicted octanol–water partition coefficient (Wildman–Crippen LogP) is 3.50. The van der Waals surface area contributed by atoms with Crippen molar-refractivity contribution in [2.75, 3.05) is 16.8 Å². The molecule has 2 amide bonds. The van der Waals surface area contributed by atoms with E-state index in [1.54, 1.807) is 29.2 Å². The van der Waals surface area contributed by atoms with Gasteiger partial charge >= 0.3 is 0 Å². The van der Waals surface area contributed by atoms with Gasteiger partial charge < -0.3 is 10.2 Å². The Labute approximate surface area is 133 Å². The summed E-state index contributed by atoms with van der Waals surface area (Å²) in [7, 11) is 0. The molecule has 112 valence electrons. The number of hydrogen-bond acceptors (Lipinski definition) is 2. The molecule has 0 saturated carbocycles. The molecule has 4 nitrogen and oxygen atoms in total. The van der Waals surface area contributed by atoms with Gasteiger partial charge in [0, 0.05) is 28.5 Å². The Bertz CT molecular complexity index is 741. The molecule has 0 fully saturated rings. The van der Waals surface area contributed by atoms with Gasteiger partial charge in [0.05, 0.1) is 6.42 Å². The summed E-state index contributed by atoms with van der Waals surface area (Å²) in [5, 5.41) is 3.43. The number of anilines is 2. The standard InChI is InChI=1S/C17H15ClN2O2/c1-2-20-15-8-7-14(9-12(15)10-16(20)21)19-17(22)11-3-5-13(18)6-4-11/h3-9H,2,10H2,1H3,(H,19,22). The monoisotopic (exact) mass is 314 g/mol. The van der Waals surface area contributed by atoms with Crippen LogP contribution in [0.3, 0.4) is 0 Å². The fraction of sp³-hybridized carbons (Fsp3) is 0.176. The molecule has 0 saturated heterocycles. The van der Waals surface area contributed by atoms with Crippen LogP contribution in [0.15, 0.2) is 42.5 Å². The van der Waals surface area contributed by atoms with Crippen molar-refractivity contribution in [3.8, 4) is 0 Å². The van der Waals surface area contributed by atoms with Crippen LogP contribution in [-0.2, 0) is 11.2 Å². The molecule has 1 aliphatic heterocycles. The Morgan fingerprint density at radius 2 is 1.95 bits per heavy atom. The molecule has 2 aromatic rings. The van der Waals surface area contributed by atoms with Gasteiger partial charge in [0.25, 0.3) is 5.91 Å². The lowest BCUT2D eigenvalue weighted by molar-refractivity contribution is -0.117. The van der Waals surface area contributed by atoms with E-state index in [1.165, 1.54) is 0 Å². The minimum absolute atomic E-state index is 0.0960. The first-order chi connectivity index (χ1) is 10.6. The number of nitrogens with zero attached hydrogens (tertiary/aromatic N) is 1. The Kier molecular flexibility index (Phi) is 3.86. The summed E-state index contributed by atoms with van der Waals surface area (Å²) >= 11 is 5.81. The zero-order chi connectivity index (χ0) is 15.7. The highest BCUT2D eigenvalue weighted by molar-refractivity contribution is 6.30. The van der Waals surface area contributed by atoms with Crippen LogP contribution in [0.4, 0.5) is 11.4 Å². The van der Waals surface area contributed by atoms with Crippen LogP contribution in [0.2, 0.25) is 5.02 Å². The van der Waals surface area contributed by atoms with Crippen molar-refractivity contribution in [3.05, 3.63) is 58.6 Å². The Morgan fingerprint density at radius 1 is 1.23 bits per heavy atom. The van der Waals surface area contributed by atoms with E-state index < -0.39 is 0 Å². The summed E-state index contributed by atoms with van der Waals surface area (Å²) in [6, 6.07) is 12.3. The van der Waals surface area contributed by atoms with E-state index >= 15 is 0 Å². The SMILES string of the molecule is CCN1C(=O)Cc2cc(NC(=O)c3ccc(Cl)cc3)ccc21. The Morgan fingerprint density at radius 3 is 2.64 bits per heavy atom. The van der Waals surface area contributed by atoms with Gasteiger partial charge in [0.15, 0.2) is 0 Å². The normalized spacial score (nSPS) is 13.2. The number of hydrogen-bond donors (Lipinski definition) is 1. The molecule has 1 aliphatic rings. The molecule has 22 heavy (non-hydrogen) atoms. The summed E-state index contributed by atoms with van der Waals surface area (Å²) in [5.74, 6) is -0.105. The average molecular weight is 315 g/mol. The van der Waals surface area contributed by atoms with Crippen LogP contribution in [0.25, 0.3) is 0 Å². The van der Waals surface area contributed by atoms with E-state index in [0.717, 1.165) is 11.3 Å². The van der Waals surface area contributed by atoms with Crippen LogP contribution >= 0.6 is 11.6 Å². The first-order valence-corrected chi connectivity index (χ1v) is 7.46. The number of amides is 2. The van der Waals surface area contributed by atoms with Gasteiger partial charge in [-0.3, -0.25) is 9.59 Å². The largest absolute Gasteiger partial charge is 0.322 e. The quantitative estimate of drug-likeness (QED) is 0.942. The topological polar surface area (TPSA) is 49.4 Å². The van der Waals surface area contributed by atoms with Crippen molar-refractivity contribution >= 4 is 34.8 Å². The molecule has 0 spiro atoms. The molecule has 0 radical (unpaired) electrons. The van der Waals surface area contributed by atoms with Crippen LogP contribution in [0.1, 0.15) is 22.8 Å². The van der Waals surface area contributed by atoms with E-state index in [9.17, 15) is 9.59 Å². The minimum Gasteiger partial charge on any atom is -0.322 e. The van der Waals surface area contributed by atoms with Crippen LogP contribution in [0, 0.1) is 0 Å². The van der Waals surface area contributed by atoms with E-state index in [2.05, 4.69) is 5.32 Å². The third kappa shape index (κ3) is 2.70. The first-order valence-electron chi connectivity index (χ1n) is 7.08. The maximum Gasteiger partial charge on any atom is 0.255 e. The van der Waals surface area contributed by atoms with Gasteiger partial charge in [0.1, 0.15) is 0 Å². The lowest BCUT2D eigenvalue weighted by Gasteiger charge is -2.15. The zero-order valence-corrected chi connectivity index (χ0v) is 12.9. The number of likely N-dealkylation sites (N-methyl/N-ethyl adjacent to an activating group) is 1. The molecule has 1 N–H and O–H groups in total. The fourth-order valence-corrected chi connectivity index (χ4v) is 2.74. The number of fused-ring (bicyclic) bond motifs is 1. The third-order valence-electron chi connectivity index (χ3n) is 3.69. The number of rotatable bonds is 3. The second-order valence-electron chi connectivity index (χ2n) is 5.12. The van der Waals surface area contributed by atoms with Gasteiger partial charge in [-0.1, -0.05) is 11.6 Å². The smallest absolute Gasteiger partial charge is 0.255 e. The van der Waals surface area contributed by atoms with Crippen molar-refractivity contribution in [2.45, 2.75) is 13.3 Å². The van der Waals surface area contributed by atoms with Crippen LogP contribution in [0.5, 0.6) is 0 Å². The van der Waals surface area contributed by atoms with Gasteiger partial charge in [-0.05, 0) is 55.0 Å². The lowest BCUT2D eigenvalue weighted by Crippen LogP contribution is -2.25. The molecular formula is C17H15ClN2O2. The summed E-state index contributed by atoms with van der Waals surface area (Å²) in [5.41, 5.74) is 3.10. The van der Waals surface area contributed by atoms with Crippen molar-refractivity contribution in [2.24, 2.45) is 0 Å². The molecule has 5 heteroatoms. The predicted molar refractivity (Wildman–Crippen MR) is 87.6 cm³/mol. The van der Waals surface area contributed by atoms with E-state index in [4.69, 9.17) is 11.6 Å². The molecular weight excluding hydrogens is 300 g/mol. The second kappa shape index (κ2) is 5.81. The van der Waals surface area contributed by atoms with Crippen LogP contribution in [-0.4, -0.2) is 18.4 Å². The highest BCUT2D eigenvalue weighted by atomic mass is 35.5. The van der Waals surface area contributed by atoms with Gasteiger partial charge in [-0.25, -0.2) is 0 Å². The molecule has 3 rings (SSSR count). The minimum atomic E-state index is -0.201. The van der Waals surface area contributed by atoms with Crippen molar-refractivity contribution < 1.29 is 9.59 Å². The van der Waals surface area contributed by atoms with Gasteiger partial charge in [0.2, 0.25) is 5.91 Å². The lowest BCUT2D eigenvalue weighted by atomic mass is 10.1. The molecule has 0 atom stereocenters. The maximum atomic E-state index is 12.2. The van der Waals surface area contributed by atoms with Crippen molar-refractivity contribution in [3.63, 3.8) is 0 Å². The highest BCUT2D eigenvalue weighted by Crippen LogP contribution is 2.31. The maximum absolute atomic E-state index is 12.2. The summed E-state index contributed by atoms with van der Waals surface area (Å²) in [6.07, 6.45) is 0.383. The van der Waals surface area contributed by atoms with Crippen molar-refractivity contribution in [1.82, 2.24) is 0 Å². The summed E-state index contributed by atoms with van der Waals surface area (Å²) in [6.45, 7) is 2.60. The van der Waals surface area contributed by atoms with Gasteiger partial charge in [-0.2, -0.15) is 0 Å². The number of halogens is 1. The molecule has 0 aromatic heterocycles. The van der Waals surface area contributed by atoms with Crippen LogP contribution < -0.4 is 10.2 Å². The Balaban J connectivity index is 1.80. The van der Waals surface area contributed by atoms with E-state index in [-0.39, 0.29) is 11.8 Å². The summed E-state index contributed by atoms with van der Waals surface area (Å²) in [4.78, 5) is 25.8. The second-order valence-corrected chi connectivity index (χ2v) is 5.56. The first kappa shape index (κ1) is 14.6. The Hall–Kier alpha value is -2.33. The molecule has 0 unspecified atom stereocenters. The van der Waals surface area contributed by atoms with Gasteiger partial charge in [-0.15, -0.1) is 0 Å². The van der Waals surface area contributed by atoms with E-state index in [0.29, 0.717) is 29.2 Å². The third-order valence-corrected chi connectivity index (χ3v) is 3.95. The number of nitrogens with one attached hydrogen (secondary N) is 1. The van der Waals surface area contributed by atoms with E-state index in [1.807, 2.05) is 25.1 Å². The molecule has 1 heterocycles. The number of benzene rings is 2. The highest BCUT2D eigenvalue weighted by Gasteiger charge is 2.26.